The van der Waals surface area contributed by atoms with Crippen LogP contribution in [-0.4, -0.2) is 16.0 Å². The first-order valence-electron chi connectivity index (χ1n) is 9.61. The van der Waals surface area contributed by atoms with Gasteiger partial charge in [0.05, 0.1) is 5.52 Å². The zero-order valence-electron chi connectivity index (χ0n) is 15.7. The summed E-state index contributed by atoms with van der Waals surface area (Å²) in [6.07, 6.45) is 6.42. The molecule has 1 saturated carbocycles. The van der Waals surface area contributed by atoms with Crippen LogP contribution in [0.3, 0.4) is 0 Å². The average molecular weight is 383 g/mol. The molecule has 0 bridgehead atoms. The van der Waals surface area contributed by atoms with Crippen LogP contribution >= 0.6 is 12.4 Å². The first kappa shape index (κ1) is 19.4. The van der Waals surface area contributed by atoms with Gasteiger partial charge in [-0.2, -0.15) is 4.98 Å². The Kier molecular flexibility index (Phi) is 6.51. The van der Waals surface area contributed by atoms with E-state index in [4.69, 9.17) is 9.97 Å². The van der Waals surface area contributed by atoms with E-state index < -0.39 is 0 Å². The third-order valence-corrected chi connectivity index (χ3v) is 5.12. The van der Waals surface area contributed by atoms with Crippen LogP contribution < -0.4 is 10.6 Å². The predicted molar refractivity (Wildman–Crippen MR) is 116 cm³/mol. The molecular weight excluding hydrogens is 356 g/mol. The van der Waals surface area contributed by atoms with Crippen molar-refractivity contribution >= 4 is 35.1 Å². The summed E-state index contributed by atoms with van der Waals surface area (Å²) in [6, 6.07) is 17.3. The van der Waals surface area contributed by atoms with E-state index in [1.807, 2.05) is 6.07 Å². The standard InChI is InChI=1S/C22H26N4.ClH/c1-16-11-13-17(14-12-16)15-23-22-25-20-10-6-5-9-19(20)21(26-22)24-18-7-3-2-4-8-18;/h5-6,9-14,18H,2-4,7-8,15H2,1H3,(H2,23,24,25,26);1H. The van der Waals surface area contributed by atoms with Crippen LogP contribution in [0.25, 0.3) is 10.9 Å². The molecule has 2 N–H and O–H groups in total. The fourth-order valence-electron chi connectivity index (χ4n) is 3.59. The van der Waals surface area contributed by atoms with E-state index in [-0.39, 0.29) is 12.4 Å². The van der Waals surface area contributed by atoms with Crippen molar-refractivity contribution < 1.29 is 0 Å². The first-order chi connectivity index (χ1) is 12.8. The van der Waals surface area contributed by atoms with Gasteiger partial charge in [-0.05, 0) is 37.5 Å². The molecule has 1 aliphatic rings. The quantitative estimate of drug-likeness (QED) is 0.592. The zero-order valence-corrected chi connectivity index (χ0v) is 16.6. The van der Waals surface area contributed by atoms with Gasteiger partial charge in [-0.15, -0.1) is 12.4 Å². The summed E-state index contributed by atoms with van der Waals surface area (Å²) >= 11 is 0. The van der Waals surface area contributed by atoms with Crippen LogP contribution in [0.5, 0.6) is 0 Å². The van der Waals surface area contributed by atoms with E-state index in [0.29, 0.717) is 12.0 Å². The monoisotopic (exact) mass is 382 g/mol. The van der Waals surface area contributed by atoms with Crippen molar-refractivity contribution in [2.45, 2.75) is 51.6 Å². The maximum atomic E-state index is 4.79. The summed E-state index contributed by atoms with van der Waals surface area (Å²) in [5, 5.41) is 8.16. The lowest BCUT2D eigenvalue weighted by Gasteiger charge is -2.24. The van der Waals surface area contributed by atoms with Gasteiger partial charge >= 0.3 is 0 Å². The van der Waals surface area contributed by atoms with E-state index in [0.717, 1.165) is 23.3 Å². The highest BCUT2D eigenvalue weighted by Crippen LogP contribution is 2.26. The number of rotatable bonds is 5. The third-order valence-electron chi connectivity index (χ3n) is 5.12. The highest BCUT2D eigenvalue weighted by molar-refractivity contribution is 5.90. The van der Waals surface area contributed by atoms with Crippen molar-refractivity contribution in [1.82, 2.24) is 9.97 Å². The van der Waals surface area contributed by atoms with Crippen LogP contribution in [0.2, 0.25) is 0 Å². The van der Waals surface area contributed by atoms with Crippen molar-refractivity contribution in [3.05, 3.63) is 59.7 Å². The molecular formula is C22H27ClN4. The van der Waals surface area contributed by atoms with Gasteiger partial charge in [0.25, 0.3) is 0 Å². The molecule has 27 heavy (non-hydrogen) atoms. The summed E-state index contributed by atoms with van der Waals surface area (Å²) in [6.45, 7) is 2.83. The van der Waals surface area contributed by atoms with Crippen molar-refractivity contribution in [1.29, 1.82) is 0 Å². The number of anilines is 2. The van der Waals surface area contributed by atoms with Gasteiger partial charge in [0.15, 0.2) is 0 Å². The van der Waals surface area contributed by atoms with Crippen LogP contribution in [0.1, 0.15) is 43.2 Å². The smallest absolute Gasteiger partial charge is 0.225 e. The predicted octanol–water partition coefficient (Wildman–Crippen LogP) is 5.72. The highest BCUT2D eigenvalue weighted by atomic mass is 35.5. The Morgan fingerprint density at radius 1 is 0.926 bits per heavy atom. The molecule has 4 nitrogen and oxygen atoms in total. The largest absolute Gasteiger partial charge is 0.367 e. The van der Waals surface area contributed by atoms with Crippen molar-refractivity contribution in [2.24, 2.45) is 0 Å². The van der Waals surface area contributed by atoms with Crippen LogP contribution in [0, 0.1) is 6.92 Å². The fourth-order valence-corrected chi connectivity index (χ4v) is 3.59. The minimum absolute atomic E-state index is 0. The summed E-state index contributed by atoms with van der Waals surface area (Å²) in [5.41, 5.74) is 3.48. The molecule has 2 aromatic carbocycles. The Balaban J connectivity index is 0.00000210. The summed E-state index contributed by atoms with van der Waals surface area (Å²) in [4.78, 5) is 9.49. The minimum Gasteiger partial charge on any atom is -0.367 e. The molecule has 0 saturated heterocycles. The van der Waals surface area contributed by atoms with E-state index >= 15 is 0 Å². The van der Waals surface area contributed by atoms with Gasteiger partial charge in [-0.1, -0.05) is 61.2 Å². The second kappa shape index (κ2) is 9.05. The maximum Gasteiger partial charge on any atom is 0.225 e. The summed E-state index contributed by atoms with van der Waals surface area (Å²) < 4.78 is 0. The van der Waals surface area contributed by atoms with Crippen LogP contribution in [-0.2, 0) is 6.54 Å². The van der Waals surface area contributed by atoms with Crippen LogP contribution in [0.4, 0.5) is 11.8 Å². The third kappa shape index (κ3) is 4.89. The Morgan fingerprint density at radius 3 is 2.44 bits per heavy atom. The summed E-state index contributed by atoms with van der Waals surface area (Å²) in [5.74, 6) is 1.64. The number of fused-ring (bicyclic) bond motifs is 1. The molecule has 3 aromatic rings. The van der Waals surface area contributed by atoms with Gasteiger partial charge in [0.2, 0.25) is 5.95 Å². The van der Waals surface area contributed by atoms with Crippen molar-refractivity contribution in [3.8, 4) is 0 Å². The molecule has 0 unspecified atom stereocenters. The highest BCUT2D eigenvalue weighted by Gasteiger charge is 2.16. The lowest BCUT2D eigenvalue weighted by molar-refractivity contribution is 0.462. The molecule has 0 amide bonds. The number of hydrogen-bond donors (Lipinski definition) is 2. The Bertz CT molecular complexity index is 873. The van der Waals surface area contributed by atoms with Gasteiger partial charge in [0.1, 0.15) is 5.82 Å². The van der Waals surface area contributed by atoms with Crippen molar-refractivity contribution in [3.63, 3.8) is 0 Å². The molecule has 1 aromatic heterocycles. The molecule has 1 fully saturated rings. The number of hydrogen-bond acceptors (Lipinski definition) is 4. The molecule has 0 spiro atoms. The second-order valence-corrected chi connectivity index (χ2v) is 7.23. The number of aryl methyl sites for hydroxylation is 1. The molecule has 4 rings (SSSR count). The van der Waals surface area contributed by atoms with Gasteiger partial charge in [-0.25, -0.2) is 4.98 Å². The average Bonchev–Trinajstić information content (AvgIpc) is 2.68. The Morgan fingerprint density at radius 2 is 1.67 bits per heavy atom. The Labute approximate surface area is 167 Å². The number of aromatic nitrogens is 2. The number of halogens is 1. The molecule has 0 radical (unpaired) electrons. The van der Waals surface area contributed by atoms with E-state index in [1.54, 1.807) is 0 Å². The minimum atomic E-state index is 0. The lowest BCUT2D eigenvalue weighted by Crippen LogP contribution is -2.23. The number of nitrogens with one attached hydrogen (secondary N) is 2. The van der Waals surface area contributed by atoms with Gasteiger partial charge in [0, 0.05) is 18.0 Å². The molecule has 0 aliphatic heterocycles. The second-order valence-electron chi connectivity index (χ2n) is 7.23. The molecule has 142 valence electrons. The van der Waals surface area contributed by atoms with Crippen LogP contribution in [0.15, 0.2) is 48.5 Å². The molecule has 1 heterocycles. The topological polar surface area (TPSA) is 49.8 Å². The van der Waals surface area contributed by atoms with Gasteiger partial charge < -0.3 is 10.6 Å². The van der Waals surface area contributed by atoms with E-state index in [1.165, 1.54) is 43.2 Å². The SMILES string of the molecule is Cc1ccc(CNc2nc(NC3CCCCC3)c3ccccc3n2)cc1.Cl. The number of benzene rings is 2. The summed E-state index contributed by atoms with van der Waals surface area (Å²) in [7, 11) is 0. The number of para-hydroxylation sites is 1. The van der Waals surface area contributed by atoms with Gasteiger partial charge in [-0.3, -0.25) is 0 Å². The lowest BCUT2D eigenvalue weighted by atomic mass is 9.95. The zero-order chi connectivity index (χ0) is 17.8. The molecule has 1 aliphatic carbocycles. The van der Waals surface area contributed by atoms with Crippen molar-refractivity contribution in [2.75, 3.05) is 10.6 Å². The maximum absolute atomic E-state index is 4.79. The normalized spacial score (nSPS) is 14.6. The van der Waals surface area contributed by atoms with E-state index in [9.17, 15) is 0 Å². The number of nitrogens with zero attached hydrogens (tertiary/aromatic N) is 2. The van der Waals surface area contributed by atoms with E-state index in [2.05, 4.69) is 60.0 Å². The Hall–Kier alpha value is -2.33. The molecule has 5 heteroatoms. The fraction of sp³-hybridized carbons (Fsp3) is 0.364. The first-order valence-corrected chi connectivity index (χ1v) is 9.61. The molecule has 0 atom stereocenters.